The number of carbonyl (C=O) groups is 1. The van der Waals surface area contributed by atoms with E-state index >= 15 is 0 Å². The fourth-order valence-electron chi connectivity index (χ4n) is 1.24. The maximum absolute atomic E-state index is 10.4. The fourth-order valence-corrected chi connectivity index (χ4v) is 1.24. The van der Waals surface area contributed by atoms with E-state index in [2.05, 4.69) is 25.6 Å². The number of aromatic amines is 1. The highest BCUT2D eigenvalue weighted by Crippen LogP contribution is 2.14. The van der Waals surface area contributed by atoms with Crippen LogP contribution in [0.15, 0.2) is 30.9 Å². The maximum atomic E-state index is 10.4. The Balaban J connectivity index is 2.03. The molecule has 0 aliphatic heterocycles. The summed E-state index contributed by atoms with van der Waals surface area (Å²) >= 11 is 0. The van der Waals surface area contributed by atoms with Gasteiger partial charge in [-0.05, 0) is 6.07 Å². The highest BCUT2D eigenvalue weighted by Gasteiger charge is 2.01. The summed E-state index contributed by atoms with van der Waals surface area (Å²) in [5, 5.41) is 14.2. The van der Waals surface area contributed by atoms with Gasteiger partial charge in [-0.1, -0.05) is 0 Å². The third-order valence-corrected chi connectivity index (χ3v) is 1.96. The molecule has 7 nitrogen and oxygen atoms in total. The first-order chi connectivity index (χ1) is 8.24. The van der Waals surface area contributed by atoms with Crippen LogP contribution in [0.4, 0.5) is 17.3 Å². The van der Waals surface area contributed by atoms with Crippen LogP contribution in [-0.2, 0) is 4.79 Å². The van der Waals surface area contributed by atoms with Gasteiger partial charge in [0.05, 0.1) is 5.69 Å². The number of hydrogen-bond acceptors (Lipinski definition) is 5. The molecule has 0 aliphatic rings. The molecule has 0 amide bonds. The molecule has 0 spiro atoms. The van der Waals surface area contributed by atoms with Gasteiger partial charge in [-0.2, -0.15) is 0 Å². The molecule has 2 rings (SSSR count). The molecule has 0 saturated heterocycles. The molecule has 88 valence electrons. The van der Waals surface area contributed by atoms with E-state index in [1.54, 1.807) is 18.5 Å². The zero-order valence-electron chi connectivity index (χ0n) is 8.84. The van der Waals surface area contributed by atoms with Gasteiger partial charge in [-0.15, -0.1) is 0 Å². The van der Waals surface area contributed by atoms with Gasteiger partial charge in [0.15, 0.2) is 0 Å². The van der Waals surface area contributed by atoms with Crippen LogP contribution in [0.25, 0.3) is 0 Å². The third-order valence-electron chi connectivity index (χ3n) is 1.96. The van der Waals surface area contributed by atoms with E-state index in [4.69, 9.17) is 5.11 Å². The smallest absolute Gasteiger partial charge is 0.322 e. The van der Waals surface area contributed by atoms with Gasteiger partial charge >= 0.3 is 5.97 Å². The molecule has 2 aromatic rings. The van der Waals surface area contributed by atoms with E-state index in [0.717, 1.165) is 5.69 Å². The van der Waals surface area contributed by atoms with E-state index in [1.807, 2.05) is 6.07 Å². The lowest BCUT2D eigenvalue weighted by molar-refractivity contribution is -0.134. The van der Waals surface area contributed by atoms with Crippen LogP contribution in [0.2, 0.25) is 0 Å². The molecular weight excluding hydrogens is 222 g/mol. The highest BCUT2D eigenvalue weighted by molar-refractivity contribution is 5.72. The van der Waals surface area contributed by atoms with Crippen LogP contribution in [0.1, 0.15) is 0 Å². The standard InChI is InChI=1S/C10H11N5O2/c16-10(17)5-12-8-3-9(14-6-13-8)15-7-1-2-11-4-7/h1-4,6,11H,5H2,(H,16,17)(H2,12,13,14,15). The van der Waals surface area contributed by atoms with Crippen molar-refractivity contribution in [3.05, 3.63) is 30.9 Å². The number of nitrogens with one attached hydrogen (secondary N) is 3. The quantitative estimate of drug-likeness (QED) is 0.615. The summed E-state index contributed by atoms with van der Waals surface area (Å²) in [7, 11) is 0. The first kappa shape index (κ1) is 10.9. The Labute approximate surface area is 96.9 Å². The van der Waals surface area contributed by atoms with Gasteiger partial charge in [0.25, 0.3) is 0 Å². The molecule has 0 atom stereocenters. The number of anilines is 3. The Kier molecular flexibility index (Phi) is 3.20. The first-order valence-electron chi connectivity index (χ1n) is 4.91. The number of aliphatic carboxylic acids is 1. The second-order valence-corrected chi connectivity index (χ2v) is 3.26. The number of carboxylic acids is 1. The predicted octanol–water partition coefficient (Wildman–Crippen LogP) is 1.04. The number of rotatable bonds is 5. The zero-order valence-corrected chi connectivity index (χ0v) is 8.84. The molecule has 0 aliphatic carbocycles. The average Bonchev–Trinajstić information content (AvgIpc) is 2.80. The second kappa shape index (κ2) is 4.97. The zero-order chi connectivity index (χ0) is 12.1. The topological polar surface area (TPSA) is 103 Å². The Bertz CT molecular complexity index is 497. The maximum Gasteiger partial charge on any atom is 0.322 e. The fraction of sp³-hybridized carbons (Fsp3) is 0.100. The summed E-state index contributed by atoms with van der Waals surface area (Å²) in [4.78, 5) is 21.2. The molecule has 0 unspecified atom stereocenters. The highest BCUT2D eigenvalue weighted by atomic mass is 16.4. The molecule has 0 radical (unpaired) electrons. The van der Waals surface area contributed by atoms with Gasteiger partial charge < -0.3 is 20.7 Å². The van der Waals surface area contributed by atoms with Gasteiger partial charge in [0, 0.05) is 18.5 Å². The van der Waals surface area contributed by atoms with Crippen LogP contribution < -0.4 is 10.6 Å². The monoisotopic (exact) mass is 233 g/mol. The van der Waals surface area contributed by atoms with E-state index in [9.17, 15) is 4.79 Å². The van der Waals surface area contributed by atoms with E-state index in [-0.39, 0.29) is 6.54 Å². The van der Waals surface area contributed by atoms with Crippen LogP contribution in [-0.4, -0.2) is 32.6 Å². The van der Waals surface area contributed by atoms with E-state index in [1.165, 1.54) is 6.33 Å². The van der Waals surface area contributed by atoms with Crippen LogP contribution in [0.3, 0.4) is 0 Å². The van der Waals surface area contributed by atoms with Crippen molar-refractivity contribution in [2.45, 2.75) is 0 Å². The van der Waals surface area contributed by atoms with Crippen molar-refractivity contribution >= 4 is 23.3 Å². The van der Waals surface area contributed by atoms with E-state index < -0.39 is 5.97 Å². The molecule has 2 aromatic heterocycles. The summed E-state index contributed by atoms with van der Waals surface area (Å²) in [5.74, 6) is 0.108. The minimum Gasteiger partial charge on any atom is -0.480 e. The van der Waals surface area contributed by atoms with Crippen molar-refractivity contribution in [2.24, 2.45) is 0 Å². The number of nitrogens with zero attached hydrogens (tertiary/aromatic N) is 2. The van der Waals surface area contributed by atoms with Crippen LogP contribution in [0.5, 0.6) is 0 Å². The second-order valence-electron chi connectivity index (χ2n) is 3.26. The molecule has 7 heteroatoms. The summed E-state index contributed by atoms with van der Waals surface area (Å²) in [6.07, 6.45) is 4.93. The minimum absolute atomic E-state index is 0.180. The number of H-pyrrole nitrogens is 1. The van der Waals surface area contributed by atoms with E-state index in [0.29, 0.717) is 11.6 Å². The molecule has 0 saturated carbocycles. The Morgan fingerprint density at radius 1 is 1.41 bits per heavy atom. The van der Waals surface area contributed by atoms with Crippen molar-refractivity contribution in [2.75, 3.05) is 17.2 Å². The van der Waals surface area contributed by atoms with Gasteiger partial charge in [0.2, 0.25) is 0 Å². The van der Waals surface area contributed by atoms with Crippen molar-refractivity contribution in [3.8, 4) is 0 Å². The number of hydrogen-bond donors (Lipinski definition) is 4. The molecule has 0 bridgehead atoms. The van der Waals surface area contributed by atoms with Crippen molar-refractivity contribution in [1.82, 2.24) is 15.0 Å². The largest absolute Gasteiger partial charge is 0.480 e. The minimum atomic E-state index is -0.941. The Morgan fingerprint density at radius 2 is 2.24 bits per heavy atom. The summed E-state index contributed by atoms with van der Waals surface area (Å²) in [6, 6.07) is 3.49. The average molecular weight is 233 g/mol. The Morgan fingerprint density at radius 3 is 2.94 bits per heavy atom. The lowest BCUT2D eigenvalue weighted by atomic mass is 10.4. The van der Waals surface area contributed by atoms with Gasteiger partial charge in [0.1, 0.15) is 24.5 Å². The predicted molar refractivity (Wildman–Crippen MR) is 62.2 cm³/mol. The molecule has 0 aromatic carbocycles. The lowest BCUT2D eigenvalue weighted by Gasteiger charge is -2.05. The molecular formula is C10H11N5O2. The van der Waals surface area contributed by atoms with Crippen molar-refractivity contribution in [3.63, 3.8) is 0 Å². The number of aromatic nitrogens is 3. The summed E-state index contributed by atoms with van der Waals surface area (Å²) in [6.45, 7) is -0.180. The molecule has 0 fully saturated rings. The van der Waals surface area contributed by atoms with Crippen molar-refractivity contribution < 1.29 is 9.90 Å². The first-order valence-corrected chi connectivity index (χ1v) is 4.91. The number of carboxylic acid groups (broad SMARTS) is 1. The molecule has 17 heavy (non-hydrogen) atoms. The SMILES string of the molecule is O=C(O)CNc1cc(Nc2cc[nH]c2)ncn1. The normalized spacial score (nSPS) is 9.88. The summed E-state index contributed by atoms with van der Waals surface area (Å²) in [5.41, 5.74) is 0.868. The summed E-state index contributed by atoms with van der Waals surface area (Å²) < 4.78 is 0. The van der Waals surface area contributed by atoms with Crippen LogP contribution in [0, 0.1) is 0 Å². The van der Waals surface area contributed by atoms with Gasteiger partial charge in [-0.3, -0.25) is 4.79 Å². The molecule has 4 N–H and O–H groups in total. The third kappa shape index (κ3) is 3.20. The van der Waals surface area contributed by atoms with Crippen LogP contribution >= 0.6 is 0 Å². The molecule has 2 heterocycles. The Hall–Kier alpha value is -2.57. The lowest BCUT2D eigenvalue weighted by Crippen LogP contribution is -2.13. The van der Waals surface area contributed by atoms with Gasteiger partial charge in [-0.25, -0.2) is 9.97 Å². The van der Waals surface area contributed by atoms with Crippen molar-refractivity contribution in [1.29, 1.82) is 0 Å².